The van der Waals surface area contributed by atoms with Crippen molar-refractivity contribution < 1.29 is 7.77 Å². The van der Waals surface area contributed by atoms with Gasteiger partial charge < -0.3 is 0 Å². The van der Waals surface area contributed by atoms with E-state index in [2.05, 4.69) is 23.2 Å². The van der Waals surface area contributed by atoms with Crippen molar-refractivity contribution >= 4 is 38.2 Å². The first-order chi connectivity index (χ1) is 2.64. The predicted molar refractivity (Wildman–Crippen MR) is 26.5 cm³/mol. The quantitative estimate of drug-likeness (QED) is 0.370. The summed E-state index contributed by atoms with van der Waals surface area (Å²) in [6.45, 7) is 0. The van der Waals surface area contributed by atoms with E-state index >= 15 is 0 Å². The van der Waals surface area contributed by atoms with Crippen LogP contribution in [-0.4, -0.2) is 3.78 Å². The van der Waals surface area contributed by atoms with Gasteiger partial charge in [0.05, 0.1) is 0 Å². The highest BCUT2D eigenvalue weighted by molar-refractivity contribution is 8.10. The third-order valence-corrected chi connectivity index (χ3v) is 1.05. The monoisotopic (exact) mass is 152 g/mol. The van der Waals surface area contributed by atoms with Crippen molar-refractivity contribution in [1.82, 2.24) is 0 Å². The van der Waals surface area contributed by atoms with E-state index in [4.69, 9.17) is 0 Å². The van der Waals surface area contributed by atoms with Crippen molar-refractivity contribution in [3.63, 3.8) is 0 Å². The number of rotatable bonds is 0. The van der Waals surface area contributed by atoms with Crippen LogP contribution in [0, 0.1) is 0 Å². The Morgan fingerprint density at radius 3 is 1.50 bits per heavy atom. The minimum Gasteiger partial charge on any atom is -0.136 e. The highest BCUT2D eigenvalue weighted by atomic mass is 35.5. The molecule has 0 bridgehead atoms. The van der Waals surface area contributed by atoms with Crippen molar-refractivity contribution in [3.05, 3.63) is 0 Å². The normalized spacial score (nSPS) is 9.50. The number of hydrogen-bond acceptors (Lipinski definition) is 0. The van der Waals surface area contributed by atoms with E-state index in [9.17, 15) is 7.77 Å². The Morgan fingerprint density at radius 2 is 1.50 bits per heavy atom. The lowest BCUT2D eigenvalue weighted by molar-refractivity contribution is 0.808. The second-order valence-corrected chi connectivity index (χ2v) is 2.67. The standard InChI is InChI=1S/CCl2F2S/c2-1(3)6(4)5. The predicted octanol–water partition coefficient (Wildman–Crippen LogP) is 2.59. The van der Waals surface area contributed by atoms with Crippen molar-refractivity contribution in [3.8, 4) is 0 Å². The van der Waals surface area contributed by atoms with Crippen LogP contribution in [-0.2, 0) is 0 Å². The van der Waals surface area contributed by atoms with Gasteiger partial charge >= 0.3 is 0 Å². The van der Waals surface area contributed by atoms with Crippen LogP contribution in [0.15, 0.2) is 0 Å². The van der Waals surface area contributed by atoms with Gasteiger partial charge in [-0.3, -0.25) is 0 Å². The molecular formula is CCl2F2S. The van der Waals surface area contributed by atoms with Crippen LogP contribution >= 0.6 is 34.5 Å². The fraction of sp³-hybridized carbons (Fsp3) is 0. The molecule has 5 heteroatoms. The summed E-state index contributed by atoms with van der Waals surface area (Å²) in [7, 11) is 0. The Labute approximate surface area is 46.6 Å². The van der Waals surface area contributed by atoms with Crippen LogP contribution in [0.5, 0.6) is 0 Å². The van der Waals surface area contributed by atoms with Crippen LogP contribution in [0.25, 0.3) is 0 Å². The summed E-state index contributed by atoms with van der Waals surface area (Å²) < 4.78 is 20.9. The van der Waals surface area contributed by atoms with E-state index in [1.54, 1.807) is 0 Å². The average molecular weight is 153 g/mol. The molecule has 0 spiro atoms. The fourth-order valence-electron chi connectivity index (χ4n) is 0. The highest BCUT2D eigenvalue weighted by Crippen LogP contribution is 2.20. The Balaban J connectivity index is 3.68. The molecule has 6 heavy (non-hydrogen) atoms. The second-order valence-electron chi connectivity index (χ2n) is 0.438. The molecule has 0 N–H and O–H groups in total. The van der Waals surface area contributed by atoms with E-state index in [0.717, 1.165) is 0 Å². The summed E-state index contributed by atoms with van der Waals surface area (Å²) in [5, 5.41) is 0. The summed E-state index contributed by atoms with van der Waals surface area (Å²) in [4.78, 5) is 0. The summed E-state index contributed by atoms with van der Waals surface area (Å²) in [6.07, 6.45) is 0. The van der Waals surface area contributed by atoms with Crippen molar-refractivity contribution in [2.24, 2.45) is 0 Å². The highest BCUT2D eigenvalue weighted by Gasteiger charge is 1.90. The summed E-state index contributed by atoms with van der Waals surface area (Å²) in [5.41, 5.74) is 0. The van der Waals surface area contributed by atoms with Gasteiger partial charge in [-0.2, -0.15) is 0 Å². The molecule has 0 rings (SSSR count). The van der Waals surface area contributed by atoms with Gasteiger partial charge in [0.1, 0.15) is 0 Å². The molecule has 0 aromatic heterocycles. The minimum atomic E-state index is -2.92. The first-order valence-corrected chi connectivity index (χ1v) is 2.67. The third-order valence-electron chi connectivity index (χ3n) is 0.117. The Morgan fingerprint density at radius 1 is 1.33 bits per heavy atom. The maximum Gasteiger partial charge on any atom is 0.198 e. The third kappa shape index (κ3) is 2.87. The first-order valence-electron chi connectivity index (χ1n) is 0.891. The van der Waals surface area contributed by atoms with Gasteiger partial charge in [-0.15, -0.1) is 7.77 Å². The van der Waals surface area contributed by atoms with Crippen molar-refractivity contribution in [2.75, 3.05) is 0 Å². The van der Waals surface area contributed by atoms with Crippen LogP contribution in [0.4, 0.5) is 7.77 Å². The zero-order valence-corrected chi connectivity index (χ0v) is 4.75. The molecule has 0 aliphatic rings. The molecule has 0 saturated heterocycles. The molecule has 0 aromatic rings. The minimum absolute atomic E-state index is 0.852. The molecule has 0 aromatic carbocycles. The smallest absolute Gasteiger partial charge is 0.136 e. The first kappa shape index (κ1) is 6.66. The van der Waals surface area contributed by atoms with E-state index in [-0.39, 0.29) is 0 Å². The molecule has 0 heterocycles. The zero-order valence-electron chi connectivity index (χ0n) is 2.42. The maximum atomic E-state index is 10.9. The lowest BCUT2D eigenvalue weighted by Crippen LogP contribution is -1.57. The van der Waals surface area contributed by atoms with E-state index < -0.39 is 15.0 Å². The van der Waals surface area contributed by atoms with Gasteiger partial charge in [0.2, 0.25) is 0 Å². The Bertz CT molecular complexity index is 61.6. The van der Waals surface area contributed by atoms with Crippen LogP contribution in [0.3, 0.4) is 0 Å². The van der Waals surface area contributed by atoms with Gasteiger partial charge in [-0.25, -0.2) is 0 Å². The van der Waals surface area contributed by atoms with Gasteiger partial charge in [-0.05, 0) is 0 Å². The number of halogens is 4. The maximum absolute atomic E-state index is 10.9. The molecule has 0 aliphatic heterocycles. The van der Waals surface area contributed by atoms with Gasteiger partial charge in [-0.1, -0.05) is 23.2 Å². The van der Waals surface area contributed by atoms with Crippen LogP contribution < -0.4 is 0 Å². The molecule has 0 nitrogen and oxygen atoms in total. The summed E-state index contributed by atoms with van der Waals surface area (Å²) >= 11 is 6.19. The largest absolute Gasteiger partial charge is 0.198 e. The average Bonchev–Trinajstić information content (AvgIpc) is 1.36. The molecule has 0 radical (unpaired) electrons. The number of hydrogen-bond donors (Lipinski definition) is 0. The molecule has 0 saturated carbocycles. The molecule has 0 amide bonds. The van der Waals surface area contributed by atoms with Crippen LogP contribution in [0.2, 0.25) is 0 Å². The SMILES string of the molecule is FS(F)=C(Cl)Cl. The van der Waals surface area contributed by atoms with Crippen molar-refractivity contribution in [2.45, 2.75) is 0 Å². The summed E-state index contributed by atoms with van der Waals surface area (Å²) in [6, 6.07) is 0. The molecular weight excluding hydrogens is 153 g/mol. The molecule has 0 aliphatic carbocycles. The Hall–Kier alpha value is 0.660. The Kier molecular flexibility index (Phi) is 3.08. The molecule has 0 unspecified atom stereocenters. The van der Waals surface area contributed by atoms with Gasteiger partial charge in [0.25, 0.3) is 0 Å². The van der Waals surface area contributed by atoms with E-state index in [0.29, 0.717) is 0 Å². The van der Waals surface area contributed by atoms with E-state index in [1.165, 1.54) is 0 Å². The zero-order chi connectivity index (χ0) is 5.15. The van der Waals surface area contributed by atoms with Gasteiger partial charge in [0.15, 0.2) is 15.0 Å². The lowest BCUT2D eigenvalue weighted by atomic mass is 11.9. The van der Waals surface area contributed by atoms with Crippen LogP contribution in [0.1, 0.15) is 0 Å². The van der Waals surface area contributed by atoms with E-state index in [1.807, 2.05) is 0 Å². The molecule has 0 atom stereocenters. The summed E-state index contributed by atoms with van der Waals surface area (Å²) in [5.74, 6) is 0. The second kappa shape index (κ2) is 2.77. The lowest BCUT2D eigenvalue weighted by Gasteiger charge is -1.73. The molecule has 38 valence electrons. The van der Waals surface area contributed by atoms with Gasteiger partial charge in [0, 0.05) is 0 Å². The van der Waals surface area contributed by atoms with Crippen molar-refractivity contribution in [1.29, 1.82) is 0 Å². The fourth-order valence-corrected chi connectivity index (χ4v) is 0. The molecule has 0 fully saturated rings. The topological polar surface area (TPSA) is 0 Å².